The van der Waals surface area contributed by atoms with Gasteiger partial charge in [-0.05, 0) is 57.8 Å². The summed E-state index contributed by atoms with van der Waals surface area (Å²) < 4.78 is 5.87. The molecule has 6 atom stereocenters. The van der Waals surface area contributed by atoms with E-state index in [0.717, 1.165) is 25.7 Å². The predicted molar refractivity (Wildman–Crippen MR) is 73.8 cm³/mol. The van der Waals surface area contributed by atoms with Crippen LogP contribution in [0.15, 0.2) is 0 Å². The highest BCUT2D eigenvalue weighted by Crippen LogP contribution is 2.57. The fraction of sp³-hybridized carbons (Fsp3) is 0.938. The fourth-order valence-corrected chi connectivity index (χ4v) is 4.48. The zero-order valence-electron chi connectivity index (χ0n) is 12.6. The Labute approximate surface area is 120 Å². The Morgan fingerprint density at radius 3 is 2.65 bits per heavy atom. The summed E-state index contributed by atoms with van der Waals surface area (Å²) >= 11 is 0. The standard InChI is InChI=1S/C16H26O4/c1-4-15(2,3)14(19)20-16-7-9-5-10(8-16)12(17)11(6-9)13(16)18/h9-13,17-18H,4-8H2,1-3H3. The second-order valence-electron chi connectivity index (χ2n) is 7.80. The van der Waals surface area contributed by atoms with Crippen LogP contribution < -0.4 is 0 Å². The number of hydrogen-bond acceptors (Lipinski definition) is 4. The van der Waals surface area contributed by atoms with Crippen LogP contribution in [0.5, 0.6) is 0 Å². The van der Waals surface area contributed by atoms with Crippen LogP contribution in [0.25, 0.3) is 0 Å². The molecule has 0 radical (unpaired) electrons. The van der Waals surface area contributed by atoms with Crippen molar-refractivity contribution in [2.45, 2.75) is 70.7 Å². The third-order valence-electron chi connectivity index (χ3n) is 6.08. The van der Waals surface area contributed by atoms with Crippen molar-refractivity contribution >= 4 is 5.97 Å². The zero-order chi connectivity index (χ0) is 14.7. The van der Waals surface area contributed by atoms with E-state index >= 15 is 0 Å². The highest BCUT2D eigenvalue weighted by atomic mass is 16.6. The summed E-state index contributed by atoms with van der Waals surface area (Å²) in [4.78, 5) is 12.4. The van der Waals surface area contributed by atoms with E-state index in [1.165, 1.54) is 0 Å². The lowest BCUT2D eigenvalue weighted by Crippen LogP contribution is -2.67. The Bertz CT molecular complexity index is 419. The highest BCUT2D eigenvalue weighted by molar-refractivity contribution is 5.76. The number of esters is 1. The van der Waals surface area contributed by atoms with E-state index in [4.69, 9.17) is 4.74 Å². The molecule has 4 aliphatic carbocycles. The molecule has 4 aliphatic rings. The maximum Gasteiger partial charge on any atom is 0.312 e. The molecule has 4 heteroatoms. The van der Waals surface area contributed by atoms with Crippen molar-refractivity contribution in [3.63, 3.8) is 0 Å². The summed E-state index contributed by atoms with van der Waals surface area (Å²) in [5, 5.41) is 20.8. The van der Waals surface area contributed by atoms with Gasteiger partial charge in [0.05, 0.1) is 17.6 Å². The number of carbonyl (C=O) groups is 1. The monoisotopic (exact) mass is 282 g/mol. The minimum absolute atomic E-state index is 0.112. The van der Waals surface area contributed by atoms with Crippen molar-refractivity contribution in [2.24, 2.45) is 23.2 Å². The van der Waals surface area contributed by atoms with Gasteiger partial charge in [-0.25, -0.2) is 0 Å². The molecular formula is C16H26O4. The van der Waals surface area contributed by atoms with Crippen LogP contribution in [0.2, 0.25) is 0 Å². The Kier molecular flexibility index (Phi) is 3.18. The lowest BCUT2D eigenvalue weighted by atomic mass is 9.51. The molecule has 4 fully saturated rings. The average Bonchev–Trinajstić information content (AvgIpc) is 2.40. The summed E-state index contributed by atoms with van der Waals surface area (Å²) in [5.74, 6) is 0.353. The third kappa shape index (κ3) is 1.92. The number of aliphatic hydroxyl groups is 2. The van der Waals surface area contributed by atoms with Gasteiger partial charge in [-0.3, -0.25) is 4.79 Å². The van der Waals surface area contributed by atoms with E-state index < -0.39 is 23.2 Å². The molecule has 4 rings (SSSR count). The number of carbonyl (C=O) groups excluding carboxylic acids is 1. The van der Waals surface area contributed by atoms with Crippen molar-refractivity contribution < 1.29 is 19.7 Å². The molecule has 0 aromatic carbocycles. The van der Waals surface area contributed by atoms with Crippen molar-refractivity contribution in [1.29, 1.82) is 0 Å². The van der Waals surface area contributed by atoms with Crippen LogP contribution in [0.4, 0.5) is 0 Å². The second-order valence-corrected chi connectivity index (χ2v) is 7.80. The van der Waals surface area contributed by atoms with Crippen LogP contribution in [-0.4, -0.2) is 34.0 Å². The quantitative estimate of drug-likeness (QED) is 0.776. The van der Waals surface area contributed by atoms with Gasteiger partial charge in [-0.2, -0.15) is 0 Å². The van der Waals surface area contributed by atoms with E-state index in [1.807, 2.05) is 20.8 Å². The molecule has 4 nitrogen and oxygen atoms in total. The molecule has 0 heterocycles. The summed E-state index contributed by atoms with van der Waals surface area (Å²) in [6.07, 6.45) is 2.86. The van der Waals surface area contributed by atoms with Crippen LogP contribution in [0, 0.1) is 23.2 Å². The third-order valence-corrected chi connectivity index (χ3v) is 6.08. The second kappa shape index (κ2) is 4.44. The van der Waals surface area contributed by atoms with Gasteiger partial charge in [0.25, 0.3) is 0 Å². The molecule has 0 aromatic rings. The van der Waals surface area contributed by atoms with E-state index in [1.54, 1.807) is 0 Å². The fourth-order valence-electron chi connectivity index (χ4n) is 4.48. The topological polar surface area (TPSA) is 66.8 Å². The zero-order valence-corrected chi connectivity index (χ0v) is 12.6. The van der Waals surface area contributed by atoms with Gasteiger partial charge in [-0.1, -0.05) is 6.92 Å². The molecule has 114 valence electrons. The SMILES string of the molecule is CCC(C)(C)C(=O)OC12CC3CC(C1)C(O)C(C3)C2O. The molecule has 0 spiro atoms. The maximum atomic E-state index is 12.4. The summed E-state index contributed by atoms with van der Waals surface area (Å²) in [6, 6.07) is 0. The Hall–Kier alpha value is -0.610. The molecule has 0 amide bonds. The first-order valence-corrected chi connectivity index (χ1v) is 7.88. The Balaban J connectivity index is 1.84. The highest BCUT2D eigenvalue weighted by Gasteiger charge is 2.62. The van der Waals surface area contributed by atoms with Crippen LogP contribution in [-0.2, 0) is 9.53 Å². The van der Waals surface area contributed by atoms with Crippen molar-refractivity contribution in [1.82, 2.24) is 0 Å². The molecule has 20 heavy (non-hydrogen) atoms. The van der Waals surface area contributed by atoms with Gasteiger partial charge < -0.3 is 14.9 Å². The van der Waals surface area contributed by atoms with Gasteiger partial charge >= 0.3 is 5.97 Å². The molecule has 4 bridgehead atoms. The average molecular weight is 282 g/mol. The molecule has 0 aliphatic heterocycles. The molecule has 0 aromatic heterocycles. The van der Waals surface area contributed by atoms with Gasteiger partial charge in [0.15, 0.2) is 0 Å². The number of hydrogen-bond donors (Lipinski definition) is 2. The molecule has 2 N–H and O–H groups in total. The smallest absolute Gasteiger partial charge is 0.312 e. The minimum atomic E-state index is -0.737. The molecule has 0 saturated heterocycles. The Morgan fingerprint density at radius 1 is 1.30 bits per heavy atom. The first-order valence-electron chi connectivity index (χ1n) is 7.88. The van der Waals surface area contributed by atoms with E-state index in [0.29, 0.717) is 12.3 Å². The largest absolute Gasteiger partial charge is 0.456 e. The summed E-state index contributed by atoms with van der Waals surface area (Å²) in [5.41, 5.74) is -1.25. The van der Waals surface area contributed by atoms with Crippen LogP contribution >= 0.6 is 0 Å². The minimum Gasteiger partial charge on any atom is -0.456 e. The number of aliphatic hydroxyl groups excluding tert-OH is 2. The van der Waals surface area contributed by atoms with Gasteiger partial charge in [0.1, 0.15) is 5.60 Å². The number of ether oxygens (including phenoxy) is 1. The number of rotatable bonds is 3. The van der Waals surface area contributed by atoms with Crippen LogP contribution in [0.1, 0.15) is 52.9 Å². The normalized spacial score (nSPS) is 46.5. The molecular weight excluding hydrogens is 256 g/mol. The summed E-state index contributed by atoms with van der Waals surface area (Å²) in [6.45, 7) is 5.75. The molecule has 6 unspecified atom stereocenters. The van der Waals surface area contributed by atoms with E-state index in [2.05, 4.69) is 0 Å². The summed E-state index contributed by atoms with van der Waals surface area (Å²) in [7, 11) is 0. The lowest BCUT2D eigenvalue weighted by molar-refractivity contribution is -0.257. The van der Waals surface area contributed by atoms with E-state index in [-0.39, 0.29) is 17.8 Å². The van der Waals surface area contributed by atoms with Gasteiger partial charge in [-0.15, -0.1) is 0 Å². The Morgan fingerprint density at radius 2 is 2.00 bits per heavy atom. The van der Waals surface area contributed by atoms with Crippen molar-refractivity contribution in [3.8, 4) is 0 Å². The van der Waals surface area contributed by atoms with Crippen molar-refractivity contribution in [3.05, 3.63) is 0 Å². The first kappa shape index (κ1) is 14.3. The van der Waals surface area contributed by atoms with Gasteiger partial charge in [0, 0.05) is 5.92 Å². The van der Waals surface area contributed by atoms with Crippen LogP contribution in [0.3, 0.4) is 0 Å². The first-order chi connectivity index (χ1) is 9.29. The van der Waals surface area contributed by atoms with E-state index in [9.17, 15) is 15.0 Å². The van der Waals surface area contributed by atoms with Crippen molar-refractivity contribution in [2.75, 3.05) is 0 Å². The predicted octanol–water partition coefficient (Wildman–Crippen LogP) is 1.88. The molecule has 4 saturated carbocycles. The maximum absolute atomic E-state index is 12.4. The van der Waals surface area contributed by atoms with Gasteiger partial charge in [0.2, 0.25) is 0 Å². The lowest BCUT2D eigenvalue weighted by Gasteiger charge is -2.60.